The number of benzene rings is 1. The molecule has 1 aliphatic rings. The van der Waals surface area contributed by atoms with Crippen LogP contribution in [0.15, 0.2) is 30.6 Å². The quantitative estimate of drug-likeness (QED) is 0.784. The van der Waals surface area contributed by atoms with Gasteiger partial charge in [-0.25, -0.2) is 9.48 Å². The molecule has 126 valence electrons. The fourth-order valence-corrected chi connectivity index (χ4v) is 2.79. The minimum Gasteiger partial charge on any atom is -0.452 e. The minimum atomic E-state index is -0.517. The van der Waals surface area contributed by atoms with Gasteiger partial charge in [0.1, 0.15) is 6.33 Å². The standard InChI is InChI=1S/C16H19N5O3/c1-12-4-2-3-9-20(12)15(22)10-24-16(23)13-5-7-14(8-6-13)21-11-17-18-19-21/h5-8,11-12H,2-4,9-10H2,1H3/t12-/m0/s1. The first-order valence-corrected chi connectivity index (χ1v) is 7.95. The Morgan fingerprint density at radius 1 is 1.25 bits per heavy atom. The highest BCUT2D eigenvalue weighted by Crippen LogP contribution is 2.16. The number of aromatic nitrogens is 4. The van der Waals surface area contributed by atoms with Crippen molar-refractivity contribution < 1.29 is 14.3 Å². The van der Waals surface area contributed by atoms with E-state index in [9.17, 15) is 9.59 Å². The first-order valence-electron chi connectivity index (χ1n) is 7.95. The maximum atomic E-state index is 12.2. The minimum absolute atomic E-state index is 0.138. The van der Waals surface area contributed by atoms with Gasteiger partial charge in [0, 0.05) is 12.6 Å². The van der Waals surface area contributed by atoms with E-state index in [1.165, 1.54) is 11.0 Å². The van der Waals surface area contributed by atoms with Gasteiger partial charge >= 0.3 is 5.97 Å². The van der Waals surface area contributed by atoms with Crippen LogP contribution in [0.4, 0.5) is 0 Å². The van der Waals surface area contributed by atoms with Gasteiger partial charge in [-0.1, -0.05) is 0 Å². The Bertz CT molecular complexity index is 699. The molecule has 1 saturated heterocycles. The third-order valence-electron chi connectivity index (χ3n) is 4.17. The number of carbonyl (C=O) groups is 2. The number of ether oxygens (including phenoxy) is 1. The second kappa shape index (κ2) is 7.20. The second-order valence-corrected chi connectivity index (χ2v) is 5.81. The number of piperidine rings is 1. The Hall–Kier alpha value is -2.77. The molecule has 0 N–H and O–H groups in total. The molecule has 1 atom stereocenters. The molecule has 0 aliphatic carbocycles. The maximum absolute atomic E-state index is 12.2. The monoisotopic (exact) mass is 329 g/mol. The fraction of sp³-hybridized carbons (Fsp3) is 0.438. The van der Waals surface area contributed by atoms with Crippen LogP contribution in [0, 0.1) is 0 Å². The summed E-state index contributed by atoms with van der Waals surface area (Å²) in [6.45, 7) is 2.53. The summed E-state index contributed by atoms with van der Waals surface area (Å²) < 4.78 is 6.63. The number of hydrogen-bond donors (Lipinski definition) is 0. The van der Waals surface area contributed by atoms with Gasteiger partial charge in [-0.15, -0.1) is 5.10 Å². The van der Waals surface area contributed by atoms with Crippen molar-refractivity contribution in [3.63, 3.8) is 0 Å². The predicted octanol–water partition coefficient (Wildman–Crippen LogP) is 1.22. The van der Waals surface area contributed by atoms with Crippen LogP contribution < -0.4 is 0 Å². The number of nitrogens with zero attached hydrogens (tertiary/aromatic N) is 5. The molecule has 1 aromatic heterocycles. The number of tetrazole rings is 1. The average molecular weight is 329 g/mol. The Kier molecular flexibility index (Phi) is 4.83. The number of esters is 1. The Morgan fingerprint density at radius 3 is 2.71 bits per heavy atom. The third kappa shape index (κ3) is 3.58. The number of likely N-dealkylation sites (tertiary alicyclic amines) is 1. The molecule has 2 aromatic rings. The van der Waals surface area contributed by atoms with Crippen molar-refractivity contribution >= 4 is 11.9 Å². The average Bonchev–Trinajstić information content (AvgIpc) is 3.14. The summed E-state index contributed by atoms with van der Waals surface area (Å²) >= 11 is 0. The summed E-state index contributed by atoms with van der Waals surface area (Å²) in [6.07, 6.45) is 4.60. The van der Waals surface area contributed by atoms with E-state index in [0.717, 1.165) is 31.5 Å². The molecule has 0 bridgehead atoms. The molecule has 8 nitrogen and oxygen atoms in total. The van der Waals surface area contributed by atoms with Gasteiger partial charge in [0.25, 0.3) is 5.91 Å². The van der Waals surface area contributed by atoms with Crippen molar-refractivity contribution in [3.8, 4) is 5.69 Å². The highest BCUT2D eigenvalue weighted by molar-refractivity contribution is 5.91. The first kappa shape index (κ1) is 16.1. The van der Waals surface area contributed by atoms with Crippen LogP contribution >= 0.6 is 0 Å². The lowest BCUT2D eigenvalue weighted by atomic mass is 10.0. The topological polar surface area (TPSA) is 90.2 Å². The molecule has 1 aliphatic heterocycles. The SMILES string of the molecule is C[C@H]1CCCCN1C(=O)COC(=O)c1ccc(-n2cnnn2)cc1. The van der Waals surface area contributed by atoms with E-state index in [0.29, 0.717) is 5.56 Å². The fourth-order valence-electron chi connectivity index (χ4n) is 2.79. The van der Waals surface area contributed by atoms with Gasteiger partial charge in [-0.2, -0.15) is 0 Å². The molecule has 2 heterocycles. The van der Waals surface area contributed by atoms with Gasteiger partial charge in [0.2, 0.25) is 0 Å². The van der Waals surface area contributed by atoms with E-state index in [-0.39, 0.29) is 18.6 Å². The molecule has 1 aromatic carbocycles. The van der Waals surface area contributed by atoms with E-state index in [1.807, 2.05) is 6.92 Å². The van der Waals surface area contributed by atoms with Crippen LogP contribution in [0.1, 0.15) is 36.5 Å². The highest BCUT2D eigenvalue weighted by Gasteiger charge is 2.24. The van der Waals surface area contributed by atoms with E-state index in [4.69, 9.17) is 4.74 Å². The maximum Gasteiger partial charge on any atom is 0.338 e. The van der Waals surface area contributed by atoms with Crippen molar-refractivity contribution in [2.45, 2.75) is 32.2 Å². The number of carbonyl (C=O) groups excluding carboxylic acids is 2. The Morgan fingerprint density at radius 2 is 2.04 bits per heavy atom. The molecule has 24 heavy (non-hydrogen) atoms. The molecule has 3 rings (SSSR count). The summed E-state index contributed by atoms with van der Waals surface area (Å²) in [5, 5.41) is 10.9. The van der Waals surface area contributed by atoms with Gasteiger partial charge in [0.15, 0.2) is 6.61 Å². The molecule has 0 unspecified atom stereocenters. The lowest BCUT2D eigenvalue weighted by Crippen LogP contribution is -2.44. The number of hydrogen-bond acceptors (Lipinski definition) is 6. The first-order chi connectivity index (χ1) is 11.6. The molecular formula is C16H19N5O3. The van der Waals surface area contributed by atoms with Crippen molar-refractivity contribution in [3.05, 3.63) is 36.2 Å². The number of amides is 1. The molecule has 0 spiro atoms. The van der Waals surface area contributed by atoms with Crippen LogP contribution in [-0.2, 0) is 9.53 Å². The Balaban J connectivity index is 1.56. The van der Waals surface area contributed by atoms with E-state index < -0.39 is 5.97 Å². The zero-order valence-electron chi connectivity index (χ0n) is 13.5. The zero-order chi connectivity index (χ0) is 16.9. The van der Waals surface area contributed by atoms with E-state index in [1.54, 1.807) is 29.2 Å². The van der Waals surface area contributed by atoms with Crippen molar-refractivity contribution in [1.29, 1.82) is 0 Å². The highest BCUT2D eigenvalue weighted by atomic mass is 16.5. The van der Waals surface area contributed by atoms with Gasteiger partial charge in [-0.3, -0.25) is 4.79 Å². The van der Waals surface area contributed by atoms with Gasteiger partial charge in [0.05, 0.1) is 11.3 Å². The van der Waals surface area contributed by atoms with E-state index >= 15 is 0 Å². The van der Waals surface area contributed by atoms with Gasteiger partial charge < -0.3 is 9.64 Å². The Labute approximate surface area is 139 Å². The predicted molar refractivity (Wildman–Crippen MR) is 84.5 cm³/mol. The third-order valence-corrected chi connectivity index (χ3v) is 4.17. The van der Waals surface area contributed by atoms with Crippen LogP contribution in [0.5, 0.6) is 0 Å². The summed E-state index contributed by atoms with van der Waals surface area (Å²) in [4.78, 5) is 26.0. The van der Waals surface area contributed by atoms with Gasteiger partial charge in [-0.05, 0) is 60.9 Å². The molecule has 0 saturated carbocycles. The molecule has 8 heteroatoms. The van der Waals surface area contributed by atoms with Crippen LogP contribution in [-0.4, -0.2) is 56.2 Å². The smallest absolute Gasteiger partial charge is 0.338 e. The molecule has 1 fully saturated rings. The van der Waals surface area contributed by atoms with Crippen LogP contribution in [0.2, 0.25) is 0 Å². The molecular weight excluding hydrogens is 310 g/mol. The van der Waals surface area contributed by atoms with Crippen molar-refractivity contribution in [2.75, 3.05) is 13.2 Å². The lowest BCUT2D eigenvalue weighted by molar-refractivity contribution is -0.137. The summed E-state index contributed by atoms with van der Waals surface area (Å²) in [5.74, 6) is -0.655. The number of rotatable bonds is 4. The second-order valence-electron chi connectivity index (χ2n) is 5.81. The van der Waals surface area contributed by atoms with Crippen molar-refractivity contribution in [2.24, 2.45) is 0 Å². The van der Waals surface area contributed by atoms with Crippen molar-refractivity contribution in [1.82, 2.24) is 25.1 Å². The van der Waals surface area contributed by atoms with E-state index in [2.05, 4.69) is 15.5 Å². The molecule has 0 radical (unpaired) electrons. The lowest BCUT2D eigenvalue weighted by Gasteiger charge is -2.33. The largest absolute Gasteiger partial charge is 0.452 e. The molecule has 1 amide bonds. The normalized spacial score (nSPS) is 17.5. The summed E-state index contributed by atoms with van der Waals surface area (Å²) in [5.41, 5.74) is 1.11. The zero-order valence-corrected chi connectivity index (χ0v) is 13.5. The summed E-state index contributed by atoms with van der Waals surface area (Å²) in [6, 6.07) is 6.87. The van der Waals surface area contributed by atoms with Crippen LogP contribution in [0.3, 0.4) is 0 Å². The van der Waals surface area contributed by atoms with Crippen LogP contribution in [0.25, 0.3) is 5.69 Å². The summed E-state index contributed by atoms with van der Waals surface area (Å²) in [7, 11) is 0.